The third kappa shape index (κ3) is 10.5. The standard InChI is InChI=1S/C49H40.C28H24.3C2H6.CH4/c1-4-32(3)37(5-2)39-28-26-35-14-6-7-15-38(35)43(39)30-33-22-24-34(25-23-33)36-27-29-48-44(31-36)42-18-10-13-21-47(42)49(48)45-19-11-8-16-40(45)41-17-9-12-20-46(41)49;1-3-28(2)26-12-8-7-11-24(26)25-16-14-21(19-27(25)28)17-20-13-15-23(18-20)22-9-5-4-6-10-22;3*1-2;/h4-5,8-29,31H,6-7,30H2,1-3H3;3-16,19H,1,17-18H2,2H3;3*1-2H3;1H4/b32-4-,37-5+;;;;;. The summed E-state index contributed by atoms with van der Waals surface area (Å²) in [4.78, 5) is 0. The fourth-order valence-electron chi connectivity index (χ4n) is 13.8. The van der Waals surface area contributed by atoms with Crippen LogP contribution in [-0.2, 0) is 23.7 Å². The molecule has 14 rings (SSSR count). The summed E-state index contributed by atoms with van der Waals surface area (Å²) >= 11 is 0. The van der Waals surface area contributed by atoms with E-state index in [2.05, 4.69) is 277 Å². The van der Waals surface area contributed by atoms with Gasteiger partial charge in [-0.3, -0.25) is 0 Å². The molecule has 5 aliphatic rings. The van der Waals surface area contributed by atoms with E-state index in [0.29, 0.717) is 0 Å². The Labute approximate surface area is 504 Å². The minimum Gasteiger partial charge on any atom is -0.102 e. The van der Waals surface area contributed by atoms with Crippen molar-refractivity contribution in [1.29, 1.82) is 0 Å². The summed E-state index contributed by atoms with van der Waals surface area (Å²) in [5, 5.41) is 2.79. The van der Waals surface area contributed by atoms with Gasteiger partial charge in [0.25, 0.3) is 0 Å². The highest BCUT2D eigenvalue weighted by Crippen LogP contribution is 2.63. The highest BCUT2D eigenvalue weighted by Gasteiger charge is 2.51. The Hall–Kier alpha value is -8.58. The first-order valence-corrected chi connectivity index (χ1v) is 30.8. The van der Waals surface area contributed by atoms with Crippen molar-refractivity contribution in [2.24, 2.45) is 0 Å². The van der Waals surface area contributed by atoms with Gasteiger partial charge in [0, 0.05) is 5.41 Å². The van der Waals surface area contributed by atoms with Crippen molar-refractivity contribution >= 4 is 23.3 Å². The minimum absolute atomic E-state index is 0. The van der Waals surface area contributed by atoms with E-state index in [9.17, 15) is 0 Å². The van der Waals surface area contributed by atoms with Crippen molar-refractivity contribution in [2.75, 3.05) is 0 Å². The minimum atomic E-state index is -0.292. The number of fused-ring (bicyclic) bond motifs is 14. The summed E-state index contributed by atoms with van der Waals surface area (Å²) in [5.74, 6) is 0. The second-order valence-corrected chi connectivity index (χ2v) is 21.8. The molecule has 0 fully saturated rings. The molecular weight excluding hydrogens is 1010 g/mol. The van der Waals surface area contributed by atoms with E-state index in [1.54, 1.807) is 0 Å². The molecule has 0 radical (unpaired) electrons. The summed E-state index contributed by atoms with van der Waals surface area (Å²) in [5.41, 5.74) is 30.9. The monoisotopic (exact) mass is 1090 g/mol. The molecule has 0 aromatic heterocycles. The molecule has 9 aromatic rings. The van der Waals surface area contributed by atoms with Crippen LogP contribution in [0.2, 0.25) is 0 Å². The third-order valence-corrected chi connectivity index (χ3v) is 17.7. The molecule has 0 heterocycles. The Balaban J connectivity index is 0.000000206. The van der Waals surface area contributed by atoms with Crippen LogP contribution in [0.5, 0.6) is 0 Å². The average molecular weight is 1100 g/mol. The van der Waals surface area contributed by atoms with E-state index in [0.717, 1.165) is 32.1 Å². The molecule has 0 heteroatoms. The van der Waals surface area contributed by atoms with E-state index in [4.69, 9.17) is 0 Å². The van der Waals surface area contributed by atoms with Crippen LogP contribution in [0, 0.1) is 0 Å². The number of hydrogen-bond acceptors (Lipinski definition) is 0. The molecule has 0 saturated carbocycles. The quantitative estimate of drug-likeness (QED) is 0.0998. The van der Waals surface area contributed by atoms with Crippen LogP contribution < -0.4 is 10.4 Å². The van der Waals surface area contributed by atoms with Gasteiger partial charge < -0.3 is 0 Å². The summed E-state index contributed by atoms with van der Waals surface area (Å²) < 4.78 is 0. The molecule has 1 spiro atoms. The maximum Gasteiger partial charge on any atom is 0.0725 e. The number of benzene rings is 9. The van der Waals surface area contributed by atoms with E-state index < -0.39 is 0 Å². The molecule has 9 aromatic carbocycles. The van der Waals surface area contributed by atoms with Crippen molar-refractivity contribution in [1.82, 2.24) is 0 Å². The van der Waals surface area contributed by atoms with Crippen molar-refractivity contribution in [3.8, 4) is 44.5 Å². The smallest absolute Gasteiger partial charge is 0.0725 e. The van der Waals surface area contributed by atoms with Gasteiger partial charge in [-0.05, 0) is 199 Å². The maximum atomic E-state index is 4.17. The molecule has 422 valence electrons. The van der Waals surface area contributed by atoms with Gasteiger partial charge in [-0.15, -0.1) is 6.58 Å². The zero-order valence-electron chi connectivity index (χ0n) is 50.8. The van der Waals surface area contributed by atoms with Crippen LogP contribution in [0.25, 0.3) is 67.8 Å². The van der Waals surface area contributed by atoms with Crippen LogP contribution in [0.1, 0.15) is 157 Å². The summed E-state index contributed by atoms with van der Waals surface area (Å²) in [6.45, 7) is 25.0. The van der Waals surface area contributed by atoms with Gasteiger partial charge in [-0.1, -0.05) is 291 Å². The molecular formula is C84H86. The molecule has 1 atom stereocenters. The Morgan fingerprint density at radius 3 is 1.60 bits per heavy atom. The van der Waals surface area contributed by atoms with Gasteiger partial charge in [0.2, 0.25) is 0 Å². The largest absolute Gasteiger partial charge is 0.102 e. The van der Waals surface area contributed by atoms with Crippen molar-refractivity contribution in [2.45, 2.75) is 120 Å². The summed E-state index contributed by atoms with van der Waals surface area (Å²) in [6.07, 6.45) is 21.2. The molecule has 5 aliphatic carbocycles. The third-order valence-electron chi connectivity index (χ3n) is 17.7. The molecule has 1 unspecified atom stereocenters. The maximum absolute atomic E-state index is 4.17. The van der Waals surface area contributed by atoms with E-state index >= 15 is 0 Å². The average Bonchev–Trinajstić information content (AvgIpc) is 1.57. The van der Waals surface area contributed by atoms with Gasteiger partial charge in [-0.25, -0.2) is 0 Å². The zero-order chi connectivity index (χ0) is 58.3. The fourth-order valence-corrected chi connectivity index (χ4v) is 13.8. The van der Waals surface area contributed by atoms with Crippen LogP contribution in [0.4, 0.5) is 0 Å². The van der Waals surface area contributed by atoms with Crippen LogP contribution in [0.3, 0.4) is 0 Å². The molecule has 84 heavy (non-hydrogen) atoms. The molecule has 0 amide bonds. The van der Waals surface area contributed by atoms with Crippen molar-refractivity contribution in [3.05, 3.63) is 320 Å². The van der Waals surface area contributed by atoms with E-state index in [-0.39, 0.29) is 18.3 Å². The van der Waals surface area contributed by atoms with E-state index in [1.807, 2.05) is 41.5 Å². The molecule has 0 aliphatic heterocycles. The predicted octanol–water partition coefficient (Wildman–Crippen LogP) is 21.8. The topological polar surface area (TPSA) is 0 Å². The zero-order valence-corrected chi connectivity index (χ0v) is 50.8. The molecule has 0 N–H and O–H groups in total. The number of allylic oxidation sites excluding steroid dienone is 9. The summed E-state index contributed by atoms with van der Waals surface area (Å²) in [7, 11) is 0. The number of rotatable bonds is 9. The lowest BCUT2D eigenvalue weighted by Crippen LogP contribution is -2.31. The Morgan fingerprint density at radius 1 is 0.464 bits per heavy atom. The normalized spacial score (nSPS) is 15.5. The lowest BCUT2D eigenvalue weighted by Gasteiger charge is -2.30. The number of hydrogen-bond donors (Lipinski definition) is 0. The molecule has 0 saturated heterocycles. The second kappa shape index (κ2) is 26.3. The Kier molecular flexibility index (Phi) is 18.8. The Morgan fingerprint density at radius 2 is 0.988 bits per heavy atom. The first-order valence-electron chi connectivity index (χ1n) is 30.8. The Bertz CT molecular complexity index is 4060. The first kappa shape index (κ1) is 60.0. The highest BCUT2D eigenvalue weighted by molar-refractivity contribution is 5.96. The van der Waals surface area contributed by atoms with Gasteiger partial charge >= 0.3 is 0 Å². The van der Waals surface area contributed by atoms with Crippen LogP contribution in [-0.4, -0.2) is 0 Å². The van der Waals surface area contributed by atoms with Gasteiger partial charge in [0.15, 0.2) is 0 Å². The second-order valence-electron chi connectivity index (χ2n) is 21.8. The van der Waals surface area contributed by atoms with Crippen LogP contribution >= 0.6 is 0 Å². The summed E-state index contributed by atoms with van der Waals surface area (Å²) in [6, 6.07) is 74.8. The van der Waals surface area contributed by atoms with E-state index in [1.165, 1.54) is 138 Å². The molecule has 0 nitrogen and oxygen atoms in total. The van der Waals surface area contributed by atoms with Crippen molar-refractivity contribution in [3.63, 3.8) is 0 Å². The fraction of sp³-hybridized carbons (Fsp3) is 0.214. The lowest BCUT2D eigenvalue weighted by atomic mass is 9.70. The van der Waals surface area contributed by atoms with Crippen LogP contribution in [0.15, 0.2) is 248 Å². The molecule has 0 bridgehead atoms. The van der Waals surface area contributed by atoms with Gasteiger partial charge in [-0.2, -0.15) is 0 Å². The SMILES string of the molecule is C.C/C=C(C)\C(=C/C)c1ccc2c(c1Cc1ccc(-c3ccc4c(c3)-c3ccccc3C43c4ccccc4-c4ccccc43)cc1)=CCCC=2.C=CC1(C)c2ccccc2-c2ccc(CC3=CC=C(c4ccccc4)C3)cc21.CC.CC.CC. The highest BCUT2D eigenvalue weighted by atomic mass is 14.5. The first-order chi connectivity index (χ1) is 40.8. The van der Waals surface area contributed by atoms with Crippen molar-refractivity contribution < 1.29 is 0 Å². The predicted molar refractivity (Wildman–Crippen MR) is 368 cm³/mol. The lowest BCUT2D eigenvalue weighted by molar-refractivity contribution is 0.748. The van der Waals surface area contributed by atoms with Gasteiger partial charge in [0.1, 0.15) is 0 Å². The van der Waals surface area contributed by atoms with Gasteiger partial charge in [0.05, 0.1) is 5.41 Å².